The second-order valence-electron chi connectivity index (χ2n) is 5.71. The molecule has 0 aliphatic heterocycles. The Morgan fingerprint density at radius 1 is 1.21 bits per heavy atom. The summed E-state index contributed by atoms with van der Waals surface area (Å²) in [7, 11) is 1.65. The molecule has 0 bridgehead atoms. The van der Waals surface area contributed by atoms with E-state index in [1.54, 1.807) is 7.11 Å². The fourth-order valence-electron chi connectivity index (χ4n) is 1.55. The van der Waals surface area contributed by atoms with Gasteiger partial charge in [0.05, 0.1) is 11.6 Å². The number of hydrogen-bond acceptors (Lipinski definition) is 3. The maximum absolute atomic E-state index is 5.70. The van der Waals surface area contributed by atoms with Crippen LogP contribution in [0.4, 0.5) is 0 Å². The summed E-state index contributed by atoms with van der Waals surface area (Å²) in [6, 6.07) is 5.72. The first-order valence-electron chi connectivity index (χ1n) is 6.59. The molecule has 1 aromatic rings. The highest BCUT2D eigenvalue weighted by atomic mass is 79.9. The monoisotopic (exact) mass is 329 g/mol. The molecule has 0 aliphatic rings. The Morgan fingerprint density at radius 2 is 1.95 bits per heavy atom. The van der Waals surface area contributed by atoms with Gasteiger partial charge in [-0.25, -0.2) is 0 Å². The van der Waals surface area contributed by atoms with Crippen LogP contribution in [0.2, 0.25) is 0 Å². The van der Waals surface area contributed by atoms with Crippen LogP contribution < -0.4 is 14.8 Å². The SMILES string of the molecule is COc1ccc(OCCNCCC(C)(C)C)c(Br)c1. The molecule has 4 heteroatoms. The van der Waals surface area contributed by atoms with Crippen LogP contribution in [-0.2, 0) is 0 Å². The van der Waals surface area contributed by atoms with Crippen molar-refractivity contribution >= 4 is 15.9 Å². The summed E-state index contributed by atoms with van der Waals surface area (Å²) in [6.45, 7) is 9.29. The largest absolute Gasteiger partial charge is 0.497 e. The van der Waals surface area contributed by atoms with Gasteiger partial charge in [-0.05, 0) is 52.5 Å². The van der Waals surface area contributed by atoms with Crippen LogP contribution in [0.1, 0.15) is 27.2 Å². The van der Waals surface area contributed by atoms with Gasteiger partial charge in [-0.3, -0.25) is 0 Å². The summed E-state index contributed by atoms with van der Waals surface area (Å²) >= 11 is 3.47. The zero-order chi connectivity index (χ0) is 14.3. The predicted octanol–water partition coefficient (Wildman–Crippen LogP) is 3.86. The number of halogens is 1. The standard InChI is InChI=1S/C15H24BrNO2/c1-15(2,3)7-8-17-9-10-19-14-6-5-12(18-4)11-13(14)16/h5-6,11,17H,7-10H2,1-4H3. The Bertz CT molecular complexity index is 388. The first-order chi connectivity index (χ1) is 8.92. The van der Waals surface area contributed by atoms with Crippen molar-refractivity contribution in [3.8, 4) is 11.5 Å². The summed E-state index contributed by atoms with van der Waals surface area (Å²) in [5.74, 6) is 1.67. The molecule has 0 saturated carbocycles. The van der Waals surface area contributed by atoms with Crippen LogP contribution in [0.3, 0.4) is 0 Å². The molecule has 0 aromatic heterocycles. The van der Waals surface area contributed by atoms with Crippen LogP contribution >= 0.6 is 15.9 Å². The quantitative estimate of drug-likeness (QED) is 0.770. The van der Waals surface area contributed by atoms with Crippen molar-refractivity contribution in [2.75, 3.05) is 26.8 Å². The maximum Gasteiger partial charge on any atom is 0.133 e. The normalized spacial score (nSPS) is 11.4. The minimum absolute atomic E-state index is 0.382. The third kappa shape index (κ3) is 6.83. The van der Waals surface area contributed by atoms with Crippen LogP contribution in [-0.4, -0.2) is 26.8 Å². The van der Waals surface area contributed by atoms with Gasteiger partial charge >= 0.3 is 0 Å². The smallest absolute Gasteiger partial charge is 0.133 e. The second kappa shape index (κ2) is 7.75. The van der Waals surface area contributed by atoms with Crippen LogP contribution in [0.25, 0.3) is 0 Å². The molecule has 1 aromatic carbocycles. The number of nitrogens with one attached hydrogen (secondary N) is 1. The lowest BCUT2D eigenvalue weighted by atomic mass is 9.92. The Balaban J connectivity index is 2.23. The third-order valence-electron chi connectivity index (χ3n) is 2.73. The van der Waals surface area contributed by atoms with Gasteiger partial charge in [0.2, 0.25) is 0 Å². The number of benzene rings is 1. The van der Waals surface area contributed by atoms with E-state index in [9.17, 15) is 0 Å². The van der Waals surface area contributed by atoms with Gasteiger partial charge < -0.3 is 14.8 Å². The maximum atomic E-state index is 5.70. The molecule has 3 nitrogen and oxygen atoms in total. The summed E-state index contributed by atoms with van der Waals surface area (Å²) in [5, 5.41) is 3.39. The van der Waals surface area contributed by atoms with Crippen molar-refractivity contribution in [3.05, 3.63) is 22.7 Å². The van der Waals surface area contributed by atoms with E-state index in [1.165, 1.54) is 6.42 Å². The highest BCUT2D eigenvalue weighted by Gasteiger charge is 2.08. The van der Waals surface area contributed by atoms with Gasteiger partial charge in [0.15, 0.2) is 0 Å². The summed E-state index contributed by atoms with van der Waals surface area (Å²) in [6.07, 6.45) is 1.17. The fraction of sp³-hybridized carbons (Fsp3) is 0.600. The zero-order valence-electron chi connectivity index (χ0n) is 12.3. The highest BCUT2D eigenvalue weighted by Crippen LogP contribution is 2.28. The Morgan fingerprint density at radius 3 is 2.53 bits per heavy atom. The van der Waals surface area contributed by atoms with Crippen molar-refractivity contribution in [2.24, 2.45) is 5.41 Å². The first kappa shape index (κ1) is 16.3. The molecule has 1 rings (SSSR count). The van der Waals surface area contributed by atoms with E-state index in [1.807, 2.05) is 18.2 Å². The van der Waals surface area contributed by atoms with Gasteiger partial charge in [-0.2, -0.15) is 0 Å². The number of methoxy groups -OCH3 is 1. The number of hydrogen-bond donors (Lipinski definition) is 1. The van der Waals surface area contributed by atoms with E-state index in [-0.39, 0.29) is 0 Å². The molecule has 0 fully saturated rings. The minimum Gasteiger partial charge on any atom is -0.497 e. The van der Waals surface area contributed by atoms with Gasteiger partial charge in [-0.1, -0.05) is 20.8 Å². The van der Waals surface area contributed by atoms with E-state index in [2.05, 4.69) is 42.0 Å². The van der Waals surface area contributed by atoms with Crippen LogP contribution in [0.15, 0.2) is 22.7 Å². The average Bonchev–Trinajstić information content (AvgIpc) is 2.33. The molecule has 0 aliphatic carbocycles. The minimum atomic E-state index is 0.382. The fourth-order valence-corrected chi connectivity index (χ4v) is 2.02. The van der Waals surface area contributed by atoms with E-state index in [0.29, 0.717) is 12.0 Å². The summed E-state index contributed by atoms with van der Waals surface area (Å²) in [5.41, 5.74) is 0.382. The third-order valence-corrected chi connectivity index (χ3v) is 3.35. The lowest BCUT2D eigenvalue weighted by molar-refractivity contribution is 0.302. The van der Waals surface area contributed by atoms with Crippen molar-refractivity contribution in [3.63, 3.8) is 0 Å². The number of rotatable bonds is 7. The van der Waals surface area contributed by atoms with E-state index < -0.39 is 0 Å². The Labute approximate surface area is 124 Å². The van der Waals surface area contributed by atoms with Crippen molar-refractivity contribution in [2.45, 2.75) is 27.2 Å². The number of ether oxygens (including phenoxy) is 2. The second-order valence-corrected chi connectivity index (χ2v) is 6.56. The zero-order valence-corrected chi connectivity index (χ0v) is 13.8. The van der Waals surface area contributed by atoms with Crippen LogP contribution in [0.5, 0.6) is 11.5 Å². The molecule has 0 radical (unpaired) electrons. The van der Waals surface area contributed by atoms with Crippen molar-refractivity contribution in [1.82, 2.24) is 5.32 Å². The van der Waals surface area contributed by atoms with E-state index >= 15 is 0 Å². The van der Waals surface area contributed by atoms with E-state index in [0.717, 1.165) is 29.1 Å². The molecule has 0 unspecified atom stereocenters. The molecule has 1 N–H and O–H groups in total. The van der Waals surface area contributed by atoms with Gasteiger partial charge in [0.1, 0.15) is 18.1 Å². The van der Waals surface area contributed by atoms with E-state index in [4.69, 9.17) is 9.47 Å². The molecule has 0 atom stereocenters. The molecule has 19 heavy (non-hydrogen) atoms. The first-order valence-corrected chi connectivity index (χ1v) is 7.39. The van der Waals surface area contributed by atoms with Gasteiger partial charge in [0.25, 0.3) is 0 Å². The molecule has 108 valence electrons. The molecule has 0 heterocycles. The summed E-state index contributed by atoms with van der Waals surface area (Å²) < 4.78 is 11.8. The van der Waals surface area contributed by atoms with Crippen LogP contribution in [0, 0.1) is 5.41 Å². The lowest BCUT2D eigenvalue weighted by Gasteiger charge is -2.18. The molecule has 0 spiro atoms. The molecular formula is C15H24BrNO2. The van der Waals surface area contributed by atoms with Crippen molar-refractivity contribution < 1.29 is 9.47 Å². The summed E-state index contributed by atoms with van der Waals surface area (Å²) in [4.78, 5) is 0. The predicted molar refractivity (Wildman–Crippen MR) is 83.1 cm³/mol. The van der Waals surface area contributed by atoms with Gasteiger partial charge in [0, 0.05) is 6.54 Å². The van der Waals surface area contributed by atoms with Crippen molar-refractivity contribution in [1.29, 1.82) is 0 Å². The molecule has 0 amide bonds. The topological polar surface area (TPSA) is 30.5 Å². The molecular weight excluding hydrogens is 306 g/mol. The Hall–Kier alpha value is -0.740. The highest BCUT2D eigenvalue weighted by molar-refractivity contribution is 9.10. The lowest BCUT2D eigenvalue weighted by Crippen LogP contribution is -2.25. The molecule has 0 saturated heterocycles. The Kier molecular flexibility index (Phi) is 6.66. The average molecular weight is 330 g/mol. The van der Waals surface area contributed by atoms with Gasteiger partial charge in [-0.15, -0.1) is 0 Å².